The number of thioether (sulfide) groups is 2. The molecule has 2 N–H and O–H groups in total. The Labute approximate surface area is 220 Å². The van der Waals surface area contributed by atoms with Crippen molar-refractivity contribution in [1.29, 1.82) is 0 Å². The Morgan fingerprint density at radius 3 is 1.47 bits per heavy atom. The molecule has 0 heterocycles. The molecule has 0 bridgehead atoms. The van der Waals surface area contributed by atoms with Crippen LogP contribution < -0.4 is 0 Å². The molecule has 3 rings (SSSR count). The minimum absolute atomic E-state index is 0.338. The van der Waals surface area contributed by atoms with Gasteiger partial charge in [-0.05, 0) is 69.0 Å². The molecule has 8 heteroatoms. The standard InChI is InChI=1S/C22H24Br4O2S2/c23-15-7-13(21(27)17(25)9-15)11-29-19-5-3-1-2-4-6-20(19)30-12-14-8-16(24)10-18(26)22(14)28/h7-10,19-20,27-28H,1-6,11-12H2/t19-,20?/m0/s1. The summed E-state index contributed by atoms with van der Waals surface area (Å²) in [5, 5.41) is 21.9. The van der Waals surface area contributed by atoms with E-state index >= 15 is 0 Å². The highest BCUT2D eigenvalue weighted by Gasteiger charge is 2.25. The normalized spacial score (nSPS) is 20.0. The lowest BCUT2D eigenvalue weighted by Gasteiger charge is -2.29. The molecule has 164 valence electrons. The van der Waals surface area contributed by atoms with Crippen molar-refractivity contribution in [3.63, 3.8) is 0 Å². The van der Waals surface area contributed by atoms with Gasteiger partial charge in [-0.3, -0.25) is 0 Å². The van der Waals surface area contributed by atoms with E-state index in [1.807, 2.05) is 47.8 Å². The Balaban J connectivity index is 1.70. The van der Waals surface area contributed by atoms with E-state index < -0.39 is 0 Å². The summed E-state index contributed by atoms with van der Waals surface area (Å²) in [7, 11) is 0. The number of phenolic OH excluding ortho intramolecular Hbond substituents is 2. The zero-order chi connectivity index (χ0) is 21.7. The summed E-state index contributed by atoms with van der Waals surface area (Å²) in [6, 6.07) is 7.77. The molecule has 2 nitrogen and oxygen atoms in total. The fraction of sp³-hybridized carbons (Fsp3) is 0.455. The maximum atomic E-state index is 10.4. The summed E-state index contributed by atoms with van der Waals surface area (Å²) in [4.78, 5) is 0. The van der Waals surface area contributed by atoms with Crippen molar-refractivity contribution in [2.75, 3.05) is 0 Å². The average molecular weight is 704 g/mol. The molecule has 0 spiro atoms. The van der Waals surface area contributed by atoms with Gasteiger partial charge < -0.3 is 10.2 Å². The lowest BCUT2D eigenvalue weighted by atomic mass is 10.00. The van der Waals surface area contributed by atoms with Crippen LogP contribution in [-0.2, 0) is 11.5 Å². The molecule has 1 saturated carbocycles. The van der Waals surface area contributed by atoms with Crippen LogP contribution in [-0.4, -0.2) is 20.7 Å². The maximum Gasteiger partial charge on any atom is 0.133 e. The van der Waals surface area contributed by atoms with E-state index in [0.717, 1.165) is 40.5 Å². The van der Waals surface area contributed by atoms with Gasteiger partial charge in [0.15, 0.2) is 0 Å². The van der Waals surface area contributed by atoms with E-state index in [0.29, 0.717) is 22.0 Å². The third-order valence-electron chi connectivity index (χ3n) is 5.26. The molecule has 2 atom stereocenters. The number of hydrogen-bond acceptors (Lipinski definition) is 4. The van der Waals surface area contributed by atoms with Gasteiger partial charge in [0.05, 0.1) is 8.95 Å². The molecule has 30 heavy (non-hydrogen) atoms. The van der Waals surface area contributed by atoms with Gasteiger partial charge >= 0.3 is 0 Å². The van der Waals surface area contributed by atoms with Crippen LogP contribution in [0.4, 0.5) is 0 Å². The smallest absolute Gasteiger partial charge is 0.133 e. The van der Waals surface area contributed by atoms with E-state index in [2.05, 4.69) is 63.7 Å². The van der Waals surface area contributed by atoms with E-state index in [-0.39, 0.29) is 0 Å². The van der Waals surface area contributed by atoms with Gasteiger partial charge in [0.25, 0.3) is 0 Å². The monoisotopic (exact) mass is 700 g/mol. The van der Waals surface area contributed by atoms with Crippen LogP contribution in [0.1, 0.15) is 49.7 Å². The Hall–Kier alpha value is 0.660. The number of hydrogen-bond donors (Lipinski definition) is 2. The lowest BCUT2D eigenvalue weighted by Crippen LogP contribution is -2.22. The van der Waals surface area contributed by atoms with E-state index in [4.69, 9.17) is 0 Å². The molecule has 1 unspecified atom stereocenters. The maximum absolute atomic E-state index is 10.4. The highest BCUT2D eigenvalue weighted by molar-refractivity contribution is 9.11. The Bertz CT molecular complexity index is 807. The second kappa shape index (κ2) is 12.2. The summed E-state index contributed by atoms with van der Waals surface area (Å²) in [5.41, 5.74) is 1.92. The number of halogens is 4. The molecule has 0 aliphatic heterocycles. The third kappa shape index (κ3) is 7.08. The van der Waals surface area contributed by atoms with Crippen molar-refractivity contribution in [3.8, 4) is 11.5 Å². The Morgan fingerprint density at radius 1 is 0.667 bits per heavy atom. The molecule has 1 fully saturated rings. The second-order valence-corrected chi connectivity index (χ2v) is 13.5. The van der Waals surface area contributed by atoms with Crippen LogP contribution >= 0.6 is 87.2 Å². The summed E-state index contributed by atoms with van der Waals surface area (Å²) in [5.74, 6) is 2.26. The van der Waals surface area contributed by atoms with Crippen molar-refractivity contribution in [2.24, 2.45) is 0 Å². The average Bonchev–Trinajstić information content (AvgIpc) is 2.67. The first-order chi connectivity index (χ1) is 14.3. The van der Waals surface area contributed by atoms with Gasteiger partial charge in [0.2, 0.25) is 0 Å². The van der Waals surface area contributed by atoms with E-state index in [9.17, 15) is 10.2 Å². The predicted octanol–water partition coefficient (Wildman–Crippen LogP) is 9.41. The van der Waals surface area contributed by atoms with Crippen molar-refractivity contribution >= 4 is 87.2 Å². The highest BCUT2D eigenvalue weighted by atomic mass is 79.9. The van der Waals surface area contributed by atoms with Crippen molar-refractivity contribution in [3.05, 3.63) is 53.3 Å². The molecule has 0 radical (unpaired) electrons. The SMILES string of the molecule is Oc1c(Br)cc(Br)cc1CSC1CCCCCC[C@@H]1SCc1cc(Br)cc(Br)c1O. The minimum Gasteiger partial charge on any atom is -0.506 e. The topological polar surface area (TPSA) is 40.5 Å². The fourth-order valence-electron chi connectivity index (χ4n) is 3.65. The van der Waals surface area contributed by atoms with Crippen LogP contribution in [0.5, 0.6) is 11.5 Å². The first-order valence-electron chi connectivity index (χ1n) is 9.92. The molecule has 2 aromatic carbocycles. The Kier molecular flexibility index (Phi) is 10.3. The molecular formula is C22H24Br4O2S2. The van der Waals surface area contributed by atoms with Crippen LogP contribution in [0, 0.1) is 0 Å². The number of phenols is 2. The van der Waals surface area contributed by atoms with E-state index in [1.54, 1.807) is 0 Å². The van der Waals surface area contributed by atoms with Crippen LogP contribution in [0.25, 0.3) is 0 Å². The second-order valence-electron chi connectivity index (χ2n) is 7.48. The van der Waals surface area contributed by atoms with Crippen LogP contribution in [0.2, 0.25) is 0 Å². The zero-order valence-corrected chi connectivity index (χ0v) is 24.3. The molecule has 0 saturated heterocycles. The first-order valence-corrected chi connectivity index (χ1v) is 15.2. The van der Waals surface area contributed by atoms with Crippen LogP contribution in [0.15, 0.2) is 42.2 Å². The Morgan fingerprint density at radius 2 is 1.07 bits per heavy atom. The van der Waals surface area contributed by atoms with Gasteiger partial charge in [-0.1, -0.05) is 57.5 Å². The molecule has 1 aliphatic rings. The molecule has 2 aromatic rings. The van der Waals surface area contributed by atoms with Crippen molar-refractivity contribution in [1.82, 2.24) is 0 Å². The molecule has 0 aromatic heterocycles. The summed E-state index contributed by atoms with van der Waals surface area (Å²) >= 11 is 17.9. The van der Waals surface area contributed by atoms with Crippen molar-refractivity contribution in [2.45, 2.75) is 60.5 Å². The largest absolute Gasteiger partial charge is 0.506 e. The highest BCUT2D eigenvalue weighted by Crippen LogP contribution is 2.41. The summed E-state index contributed by atoms with van der Waals surface area (Å²) in [6.45, 7) is 0. The zero-order valence-electron chi connectivity index (χ0n) is 16.3. The summed E-state index contributed by atoms with van der Waals surface area (Å²) < 4.78 is 3.41. The first kappa shape index (κ1) is 25.3. The molecule has 1 aliphatic carbocycles. The number of rotatable bonds is 6. The van der Waals surface area contributed by atoms with Gasteiger partial charge in [0, 0.05) is 42.1 Å². The predicted molar refractivity (Wildman–Crippen MR) is 145 cm³/mol. The fourth-order valence-corrected chi connectivity index (χ4v) is 9.34. The van der Waals surface area contributed by atoms with Crippen molar-refractivity contribution < 1.29 is 10.2 Å². The lowest BCUT2D eigenvalue weighted by molar-refractivity contribution is 0.466. The molecule has 0 amide bonds. The van der Waals surface area contributed by atoms with Gasteiger partial charge in [-0.15, -0.1) is 0 Å². The van der Waals surface area contributed by atoms with Gasteiger partial charge in [0.1, 0.15) is 11.5 Å². The number of benzene rings is 2. The third-order valence-corrected chi connectivity index (χ3v) is 10.5. The quantitative estimate of drug-likeness (QED) is 0.315. The number of aromatic hydroxyl groups is 2. The minimum atomic E-state index is 0.338. The van der Waals surface area contributed by atoms with Gasteiger partial charge in [-0.25, -0.2) is 0 Å². The van der Waals surface area contributed by atoms with Gasteiger partial charge in [-0.2, -0.15) is 23.5 Å². The van der Waals surface area contributed by atoms with Crippen LogP contribution in [0.3, 0.4) is 0 Å². The molecular weight excluding hydrogens is 680 g/mol. The van der Waals surface area contributed by atoms with E-state index in [1.165, 1.54) is 38.5 Å². The summed E-state index contributed by atoms with van der Waals surface area (Å²) in [6.07, 6.45) is 7.54.